The van der Waals surface area contributed by atoms with E-state index in [1.54, 1.807) is 12.1 Å². The molecule has 1 aromatic carbocycles. The van der Waals surface area contributed by atoms with E-state index in [0.717, 1.165) is 0 Å². The van der Waals surface area contributed by atoms with Crippen LogP contribution in [-0.2, 0) is 16.4 Å². The molecule has 21 heavy (non-hydrogen) atoms. The third-order valence-electron chi connectivity index (χ3n) is 2.66. The van der Waals surface area contributed by atoms with Gasteiger partial charge in [0.15, 0.2) is 0 Å². The van der Waals surface area contributed by atoms with Crippen LogP contribution in [0.3, 0.4) is 0 Å². The van der Waals surface area contributed by atoms with Crippen molar-refractivity contribution in [2.24, 2.45) is 0 Å². The van der Waals surface area contributed by atoms with Gasteiger partial charge >= 0.3 is 0 Å². The van der Waals surface area contributed by atoms with Gasteiger partial charge in [-0.1, -0.05) is 23.7 Å². The van der Waals surface area contributed by atoms with Gasteiger partial charge in [-0.3, -0.25) is 0 Å². The van der Waals surface area contributed by atoms with Crippen LogP contribution in [-0.4, -0.2) is 19.9 Å². The van der Waals surface area contributed by atoms with Gasteiger partial charge in [-0.15, -0.1) is 0 Å². The van der Waals surface area contributed by atoms with Gasteiger partial charge in [0, 0.05) is 17.2 Å². The smallest absolute Gasteiger partial charge is 0.242 e. The highest BCUT2D eigenvalue weighted by atomic mass is 79.9. The summed E-state index contributed by atoms with van der Waals surface area (Å²) in [6.45, 7) is 0.134. The Labute approximate surface area is 135 Å². The largest absolute Gasteiger partial charge is 0.243 e. The standard InChI is InChI=1S/C13H11BrClFN2O2S/c14-10-7-12(13(15)17-8-10)21(19,20)18-5-4-9-2-1-3-11(16)6-9/h1-3,6-8,18H,4-5H2. The summed E-state index contributed by atoms with van der Waals surface area (Å²) in [4.78, 5) is 3.67. The summed E-state index contributed by atoms with van der Waals surface area (Å²) >= 11 is 8.94. The van der Waals surface area contributed by atoms with Gasteiger partial charge in [0.1, 0.15) is 15.9 Å². The summed E-state index contributed by atoms with van der Waals surface area (Å²) in [7, 11) is -3.76. The number of rotatable bonds is 5. The minimum absolute atomic E-state index is 0.0993. The molecule has 0 saturated carbocycles. The second kappa shape index (κ2) is 6.83. The maximum atomic E-state index is 13.0. The molecule has 0 atom stereocenters. The van der Waals surface area contributed by atoms with E-state index in [4.69, 9.17) is 11.6 Å². The van der Waals surface area contributed by atoms with Crippen LogP contribution < -0.4 is 4.72 Å². The van der Waals surface area contributed by atoms with Crippen molar-refractivity contribution < 1.29 is 12.8 Å². The second-order valence-corrected chi connectivity index (χ2v) is 7.23. The van der Waals surface area contributed by atoms with E-state index in [9.17, 15) is 12.8 Å². The molecule has 0 aliphatic carbocycles. The summed E-state index contributed by atoms with van der Waals surface area (Å²) in [5.41, 5.74) is 0.705. The number of halogens is 3. The molecule has 0 unspecified atom stereocenters. The normalized spacial score (nSPS) is 11.6. The molecule has 2 aromatic rings. The maximum Gasteiger partial charge on any atom is 0.243 e. The van der Waals surface area contributed by atoms with Crippen LogP contribution in [0.25, 0.3) is 0 Å². The first-order chi connectivity index (χ1) is 9.88. The van der Waals surface area contributed by atoms with Gasteiger partial charge in [-0.05, 0) is 46.1 Å². The Kier molecular flexibility index (Phi) is 5.32. The SMILES string of the molecule is O=S(=O)(NCCc1cccc(F)c1)c1cc(Br)cnc1Cl. The van der Waals surface area contributed by atoms with Crippen molar-refractivity contribution in [3.63, 3.8) is 0 Å². The fourth-order valence-corrected chi connectivity index (χ4v) is 3.67. The molecular weight excluding hydrogens is 383 g/mol. The van der Waals surface area contributed by atoms with E-state index < -0.39 is 10.0 Å². The molecule has 0 spiro atoms. The molecule has 0 aliphatic rings. The van der Waals surface area contributed by atoms with Gasteiger partial charge in [0.2, 0.25) is 10.0 Å². The molecule has 1 heterocycles. The molecule has 8 heteroatoms. The third-order valence-corrected chi connectivity index (χ3v) is 4.98. The Hall–Kier alpha value is -1.02. The fraction of sp³-hybridized carbons (Fsp3) is 0.154. The Bertz CT molecular complexity index is 756. The first kappa shape index (κ1) is 16.4. The van der Waals surface area contributed by atoms with E-state index in [0.29, 0.717) is 16.5 Å². The van der Waals surface area contributed by atoms with Crippen LogP contribution in [0.4, 0.5) is 4.39 Å². The van der Waals surface area contributed by atoms with Gasteiger partial charge < -0.3 is 0 Å². The van der Waals surface area contributed by atoms with Crippen LogP contribution in [0.1, 0.15) is 5.56 Å². The zero-order valence-corrected chi connectivity index (χ0v) is 13.8. The van der Waals surface area contributed by atoms with Crippen LogP contribution in [0.5, 0.6) is 0 Å². The number of sulfonamides is 1. The second-order valence-electron chi connectivity index (χ2n) is 4.22. The fourth-order valence-electron chi connectivity index (χ4n) is 1.69. The van der Waals surface area contributed by atoms with Crippen molar-refractivity contribution in [2.45, 2.75) is 11.3 Å². The minimum atomic E-state index is -3.76. The lowest BCUT2D eigenvalue weighted by Gasteiger charge is -2.08. The predicted octanol–water partition coefficient (Wildman–Crippen LogP) is 3.16. The first-order valence-electron chi connectivity index (χ1n) is 5.93. The van der Waals surface area contributed by atoms with Crippen LogP contribution in [0.2, 0.25) is 5.15 Å². The Balaban J connectivity index is 2.06. The van der Waals surface area contributed by atoms with Crippen molar-refractivity contribution in [3.05, 3.63) is 57.5 Å². The van der Waals surface area contributed by atoms with Crippen molar-refractivity contribution in [1.82, 2.24) is 9.71 Å². The molecule has 1 aromatic heterocycles. The molecule has 4 nitrogen and oxygen atoms in total. The molecule has 1 N–H and O–H groups in total. The number of pyridine rings is 1. The summed E-state index contributed by atoms with van der Waals surface area (Å²) in [5.74, 6) is -0.352. The van der Waals surface area contributed by atoms with Crippen LogP contribution in [0, 0.1) is 5.82 Å². The zero-order chi connectivity index (χ0) is 15.5. The van der Waals surface area contributed by atoms with Crippen LogP contribution >= 0.6 is 27.5 Å². The van der Waals surface area contributed by atoms with E-state index in [2.05, 4.69) is 25.6 Å². The Morgan fingerprint density at radius 3 is 2.81 bits per heavy atom. The van der Waals surface area contributed by atoms with Crippen LogP contribution in [0.15, 0.2) is 45.9 Å². The van der Waals surface area contributed by atoms with E-state index >= 15 is 0 Å². The summed E-state index contributed by atoms with van der Waals surface area (Å²) in [5, 5.41) is -0.101. The Morgan fingerprint density at radius 1 is 1.33 bits per heavy atom. The molecule has 0 amide bonds. The van der Waals surface area contributed by atoms with Crippen molar-refractivity contribution >= 4 is 37.6 Å². The quantitative estimate of drug-likeness (QED) is 0.794. The minimum Gasteiger partial charge on any atom is -0.242 e. The average Bonchev–Trinajstić information content (AvgIpc) is 2.41. The number of aromatic nitrogens is 1. The average molecular weight is 394 g/mol. The Morgan fingerprint density at radius 2 is 2.10 bits per heavy atom. The number of nitrogens with zero attached hydrogens (tertiary/aromatic N) is 1. The third kappa shape index (κ3) is 4.47. The molecular formula is C13H11BrClFN2O2S. The van der Waals surface area contributed by atoms with Crippen molar-refractivity contribution in [3.8, 4) is 0 Å². The zero-order valence-electron chi connectivity index (χ0n) is 10.7. The molecule has 112 valence electrons. The highest BCUT2D eigenvalue weighted by molar-refractivity contribution is 9.10. The summed E-state index contributed by atoms with van der Waals surface area (Å²) in [6, 6.07) is 7.38. The first-order valence-corrected chi connectivity index (χ1v) is 8.59. The van der Waals surface area contributed by atoms with E-state index in [-0.39, 0.29) is 22.4 Å². The molecule has 0 saturated heterocycles. The van der Waals surface area contributed by atoms with Gasteiger partial charge in [0.25, 0.3) is 0 Å². The lowest BCUT2D eigenvalue weighted by Crippen LogP contribution is -2.26. The number of nitrogens with one attached hydrogen (secondary N) is 1. The highest BCUT2D eigenvalue weighted by Crippen LogP contribution is 2.22. The van der Waals surface area contributed by atoms with Gasteiger partial charge in [0.05, 0.1) is 0 Å². The highest BCUT2D eigenvalue weighted by Gasteiger charge is 2.18. The molecule has 0 fully saturated rings. The topological polar surface area (TPSA) is 59.1 Å². The molecule has 0 aliphatic heterocycles. The number of benzene rings is 1. The van der Waals surface area contributed by atoms with Crippen molar-refractivity contribution in [1.29, 1.82) is 0 Å². The monoisotopic (exact) mass is 392 g/mol. The lowest BCUT2D eigenvalue weighted by molar-refractivity contribution is 0.581. The van der Waals surface area contributed by atoms with Gasteiger partial charge in [-0.25, -0.2) is 22.5 Å². The summed E-state index contributed by atoms with van der Waals surface area (Å²) in [6.07, 6.45) is 1.78. The molecule has 0 radical (unpaired) electrons. The predicted molar refractivity (Wildman–Crippen MR) is 82.2 cm³/mol. The maximum absolute atomic E-state index is 13.0. The lowest BCUT2D eigenvalue weighted by atomic mass is 10.1. The molecule has 2 rings (SSSR count). The number of hydrogen-bond donors (Lipinski definition) is 1. The van der Waals surface area contributed by atoms with E-state index in [1.165, 1.54) is 24.4 Å². The molecule has 0 bridgehead atoms. The van der Waals surface area contributed by atoms with E-state index in [1.807, 2.05) is 0 Å². The van der Waals surface area contributed by atoms with Gasteiger partial charge in [-0.2, -0.15) is 0 Å². The summed E-state index contributed by atoms with van der Waals surface area (Å²) < 4.78 is 40.2. The number of hydrogen-bond acceptors (Lipinski definition) is 3. The van der Waals surface area contributed by atoms with Crippen molar-refractivity contribution in [2.75, 3.05) is 6.54 Å².